The molecule has 0 saturated heterocycles. The number of nitrogens with one attached hydrogen (secondary N) is 2. The van der Waals surface area contributed by atoms with Crippen molar-refractivity contribution in [2.45, 2.75) is 64.0 Å². The second kappa shape index (κ2) is 8.76. The molecule has 1 saturated carbocycles. The molecule has 154 valence electrons. The van der Waals surface area contributed by atoms with Crippen molar-refractivity contribution >= 4 is 11.8 Å². The van der Waals surface area contributed by atoms with E-state index in [1.165, 1.54) is 12.1 Å². The number of amides is 2. The van der Waals surface area contributed by atoms with Crippen LogP contribution in [0, 0.1) is 5.82 Å². The molecule has 4 rings (SSSR count). The summed E-state index contributed by atoms with van der Waals surface area (Å²) in [6.07, 6.45) is 7.67. The van der Waals surface area contributed by atoms with E-state index in [2.05, 4.69) is 15.6 Å². The smallest absolute Gasteiger partial charge is 0.287 e. The van der Waals surface area contributed by atoms with Gasteiger partial charge in [-0.15, -0.1) is 0 Å². The number of carbonyl (C=O) groups excluding carboxylic acids is 2. The monoisotopic (exact) mass is 398 g/mol. The summed E-state index contributed by atoms with van der Waals surface area (Å²) in [5.74, 6) is -0.385. The summed E-state index contributed by atoms with van der Waals surface area (Å²) in [6, 6.07) is 6.47. The largest absolute Gasteiger partial charge is 0.349 e. The Labute approximate surface area is 169 Å². The van der Waals surface area contributed by atoms with E-state index in [9.17, 15) is 14.0 Å². The Morgan fingerprint density at radius 3 is 2.59 bits per heavy atom. The maximum atomic E-state index is 13.0. The first-order chi connectivity index (χ1) is 14.1. The minimum absolute atomic E-state index is 0.159. The Bertz CT molecular complexity index is 885. The first kappa shape index (κ1) is 19.6. The topological polar surface area (TPSA) is 76.0 Å². The van der Waals surface area contributed by atoms with Gasteiger partial charge in [-0.25, -0.2) is 9.37 Å². The molecule has 7 heteroatoms. The molecule has 0 spiro atoms. The molecule has 2 amide bonds. The molecule has 1 aromatic heterocycles. The standard InChI is InChI=1S/C22H27FN4O2/c23-16-10-8-15(9-11-16)12-13-24-22(29)20-26-19(18-7-3-4-14-27(18)20)21(28)25-17-5-1-2-6-17/h8-11,17H,1-7,12-14H2,(H,24,29)(H,25,28). The molecular weight excluding hydrogens is 371 g/mol. The van der Waals surface area contributed by atoms with Gasteiger partial charge in [-0.2, -0.15) is 0 Å². The summed E-state index contributed by atoms with van der Waals surface area (Å²) < 4.78 is 14.9. The number of hydrogen-bond acceptors (Lipinski definition) is 3. The van der Waals surface area contributed by atoms with Crippen LogP contribution in [0.5, 0.6) is 0 Å². The van der Waals surface area contributed by atoms with Crippen LogP contribution in [0.3, 0.4) is 0 Å². The highest BCUT2D eigenvalue weighted by atomic mass is 19.1. The van der Waals surface area contributed by atoms with Crippen LogP contribution in [-0.2, 0) is 19.4 Å². The Balaban J connectivity index is 1.44. The molecule has 2 heterocycles. The van der Waals surface area contributed by atoms with Gasteiger partial charge in [0.15, 0.2) is 5.82 Å². The van der Waals surface area contributed by atoms with Crippen LogP contribution in [0.25, 0.3) is 0 Å². The Hall–Kier alpha value is -2.70. The molecule has 1 fully saturated rings. The van der Waals surface area contributed by atoms with E-state index in [1.54, 1.807) is 12.1 Å². The molecule has 1 aliphatic heterocycles. The van der Waals surface area contributed by atoms with Gasteiger partial charge in [-0.3, -0.25) is 9.59 Å². The molecular formula is C22H27FN4O2. The molecule has 0 unspecified atom stereocenters. The number of hydrogen-bond donors (Lipinski definition) is 2. The molecule has 2 N–H and O–H groups in total. The van der Waals surface area contributed by atoms with Crippen LogP contribution in [0.2, 0.25) is 0 Å². The number of fused-ring (bicyclic) bond motifs is 1. The predicted octanol–water partition coefficient (Wildman–Crippen LogP) is 3.00. The fourth-order valence-corrected chi connectivity index (χ4v) is 4.27. The van der Waals surface area contributed by atoms with Crippen molar-refractivity contribution < 1.29 is 14.0 Å². The number of imidazole rings is 1. The third-order valence-electron chi connectivity index (χ3n) is 5.84. The highest BCUT2D eigenvalue weighted by molar-refractivity contribution is 5.97. The number of rotatable bonds is 6. The van der Waals surface area contributed by atoms with Crippen molar-refractivity contribution in [3.05, 3.63) is 52.9 Å². The summed E-state index contributed by atoms with van der Waals surface area (Å²) in [5.41, 5.74) is 2.23. The van der Waals surface area contributed by atoms with Crippen LogP contribution in [-0.4, -0.2) is 34.0 Å². The second-order valence-corrected chi connectivity index (χ2v) is 7.93. The predicted molar refractivity (Wildman–Crippen MR) is 107 cm³/mol. The van der Waals surface area contributed by atoms with Gasteiger partial charge in [0.2, 0.25) is 0 Å². The minimum atomic E-state index is -0.273. The van der Waals surface area contributed by atoms with Crippen molar-refractivity contribution in [1.82, 2.24) is 20.2 Å². The van der Waals surface area contributed by atoms with E-state index < -0.39 is 0 Å². The van der Waals surface area contributed by atoms with Crippen molar-refractivity contribution in [2.24, 2.45) is 0 Å². The summed E-state index contributed by atoms with van der Waals surface area (Å²) in [5, 5.41) is 5.98. The number of carbonyl (C=O) groups is 2. The molecule has 1 aliphatic carbocycles. The van der Waals surface area contributed by atoms with Gasteiger partial charge in [-0.05, 0) is 56.2 Å². The van der Waals surface area contributed by atoms with Gasteiger partial charge in [0, 0.05) is 19.1 Å². The van der Waals surface area contributed by atoms with Crippen LogP contribution >= 0.6 is 0 Å². The van der Waals surface area contributed by atoms with Gasteiger partial charge in [-0.1, -0.05) is 25.0 Å². The lowest BCUT2D eigenvalue weighted by Gasteiger charge is -2.17. The van der Waals surface area contributed by atoms with Gasteiger partial charge in [0.05, 0.1) is 5.69 Å². The molecule has 29 heavy (non-hydrogen) atoms. The molecule has 6 nitrogen and oxygen atoms in total. The lowest BCUT2D eigenvalue weighted by Crippen LogP contribution is -2.33. The first-order valence-corrected chi connectivity index (χ1v) is 10.5. The molecule has 2 aromatic rings. The zero-order valence-electron chi connectivity index (χ0n) is 16.5. The zero-order chi connectivity index (χ0) is 20.2. The summed E-state index contributed by atoms with van der Waals surface area (Å²) in [7, 11) is 0. The molecule has 0 bridgehead atoms. The zero-order valence-corrected chi connectivity index (χ0v) is 16.5. The van der Waals surface area contributed by atoms with Gasteiger partial charge < -0.3 is 15.2 Å². The lowest BCUT2D eigenvalue weighted by molar-refractivity contribution is 0.0931. The van der Waals surface area contributed by atoms with Crippen LogP contribution in [0.1, 0.15) is 70.9 Å². The quantitative estimate of drug-likeness (QED) is 0.785. The molecule has 0 atom stereocenters. The highest BCUT2D eigenvalue weighted by Gasteiger charge is 2.28. The Morgan fingerprint density at radius 1 is 1.07 bits per heavy atom. The first-order valence-electron chi connectivity index (χ1n) is 10.5. The van der Waals surface area contributed by atoms with Gasteiger partial charge in [0.25, 0.3) is 11.8 Å². The molecule has 0 radical (unpaired) electrons. The average molecular weight is 398 g/mol. The number of benzene rings is 1. The normalized spacial score (nSPS) is 16.4. The fourth-order valence-electron chi connectivity index (χ4n) is 4.27. The van der Waals surface area contributed by atoms with E-state index in [4.69, 9.17) is 0 Å². The van der Waals surface area contributed by atoms with E-state index in [1.807, 2.05) is 4.57 Å². The molecule has 1 aromatic carbocycles. The Kier molecular flexibility index (Phi) is 5.92. The van der Waals surface area contributed by atoms with Crippen LogP contribution in [0.15, 0.2) is 24.3 Å². The van der Waals surface area contributed by atoms with Crippen molar-refractivity contribution in [3.8, 4) is 0 Å². The number of aromatic nitrogens is 2. The fraction of sp³-hybridized carbons (Fsp3) is 0.500. The van der Waals surface area contributed by atoms with Crippen molar-refractivity contribution in [1.29, 1.82) is 0 Å². The summed E-state index contributed by atoms with van der Waals surface area (Å²) in [6.45, 7) is 1.13. The lowest BCUT2D eigenvalue weighted by atomic mass is 10.1. The SMILES string of the molecule is O=C(NC1CCCC1)c1nc(C(=O)NCCc2ccc(F)cc2)n2c1CCCC2. The second-order valence-electron chi connectivity index (χ2n) is 7.93. The van der Waals surface area contributed by atoms with Crippen LogP contribution < -0.4 is 10.6 Å². The maximum absolute atomic E-state index is 13.0. The third-order valence-corrected chi connectivity index (χ3v) is 5.84. The van der Waals surface area contributed by atoms with E-state index >= 15 is 0 Å². The van der Waals surface area contributed by atoms with Gasteiger partial charge in [0.1, 0.15) is 11.5 Å². The van der Waals surface area contributed by atoms with Crippen molar-refractivity contribution in [2.75, 3.05) is 6.54 Å². The Morgan fingerprint density at radius 2 is 1.83 bits per heavy atom. The summed E-state index contributed by atoms with van der Waals surface area (Å²) in [4.78, 5) is 30.0. The molecule has 2 aliphatic rings. The van der Waals surface area contributed by atoms with Crippen molar-refractivity contribution in [3.63, 3.8) is 0 Å². The number of nitrogens with zero attached hydrogens (tertiary/aromatic N) is 2. The van der Waals surface area contributed by atoms with Crippen LogP contribution in [0.4, 0.5) is 4.39 Å². The maximum Gasteiger partial charge on any atom is 0.287 e. The highest BCUT2D eigenvalue weighted by Crippen LogP contribution is 2.23. The van der Waals surface area contributed by atoms with E-state index in [0.717, 1.165) is 56.2 Å². The summed E-state index contributed by atoms with van der Waals surface area (Å²) >= 11 is 0. The average Bonchev–Trinajstić information content (AvgIpc) is 3.37. The van der Waals surface area contributed by atoms with Gasteiger partial charge >= 0.3 is 0 Å². The van der Waals surface area contributed by atoms with E-state index in [0.29, 0.717) is 31.0 Å². The number of halogens is 1. The third kappa shape index (κ3) is 4.49. The van der Waals surface area contributed by atoms with E-state index in [-0.39, 0.29) is 23.7 Å². The minimum Gasteiger partial charge on any atom is -0.349 e.